The van der Waals surface area contributed by atoms with Gasteiger partial charge in [-0.25, -0.2) is 4.39 Å². The molecule has 1 atom stereocenters. The van der Waals surface area contributed by atoms with Gasteiger partial charge in [-0.05, 0) is 49.9 Å². The van der Waals surface area contributed by atoms with Crippen molar-refractivity contribution in [1.82, 2.24) is 10.6 Å². The van der Waals surface area contributed by atoms with Crippen molar-refractivity contribution in [3.63, 3.8) is 0 Å². The summed E-state index contributed by atoms with van der Waals surface area (Å²) in [4.78, 5) is 12.3. The van der Waals surface area contributed by atoms with Crippen molar-refractivity contribution in [2.24, 2.45) is 0 Å². The van der Waals surface area contributed by atoms with Crippen LogP contribution in [0, 0.1) is 5.82 Å². The van der Waals surface area contributed by atoms with Gasteiger partial charge in [-0.2, -0.15) is 0 Å². The van der Waals surface area contributed by atoms with Gasteiger partial charge in [-0.15, -0.1) is 12.4 Å². The fourth-order valence-electron chi connectivity index (χ4n) is 3.89. The Bertz CT molecular complexity index is 508. The maximum atomic E-state index is 13.2. The van der Waals surface area contributed by atoms with E-state index in [0.717, 1.165) is 37.8 Å². The van der Waals surface area contributed by atoms with Crippen LogP contribution in [0.3, 0.4) is 0 Å². The molecule has 128 valence electrons. The number of carbonyl (C=O) groups is 1. The zero-order valence-corrected chi connectivity index (χ0v) is 14.3. The second-order valence-corrected chi connectivity index (χ2v) is 6.71. The highest BCUT2D eigenvalue weighted by Crippen LogP contribution is 2.39. The Labute approximate surface area is 143 Å². The van der Waals surface area contributed by atoms with Crippen molar-refractivity contribution in [2.75, 3.05) is 13.1 Å². The third-order valence-electron chi connectivity index (χ3n) is 5.25. The van der Waals surface area contributed by atoms with Crippen LogP contribution in [0.1, 0.15) is 50.5 Å². The predicted octanol–water partition coefficient (Wildman–Crippen LogP) is 3.32. The van der Waals surface area contributed by atoms with E-state index in [4.69, 9.17) is 0 Å². The molecule has 1 aromatic carbocycles. The first-order valence-electron chi connectivity index (χ1n) is 8.47. The van der Waals surface area contributed by atoms with Crippen LogP contribution in [0.15, 0.2) is 24.3 Å². The molecular weight excluding hydrogens is 315 g/mol. The van der Waals surface area contributed by atoms with Gasteiger partial charge in [0.05, 0.1) is 6.04 Å². The van der Waals surface area contributed by atoms with Gasteiger partial charge in [-0.3, -0.25) is 4.79 Å². The zero-order chi connectivity index (χ0) is 15.4. The summed E-state index contributed by atoms with van der Waals surface area (Å²) in [5, 5.41) is 6.40. The highest BCUT2D eigenvalue weighted by molar-refractivity contribution is 5.85. The minimum absolute atomic E-state index is 0. The van der Waals surface area contributed by atoms with E-state index in [1.54, 1.807) is 0 Å². The molecule has 3 rings (SSSR count). The molecule has 1 saturated heterocycles. The fourth-order valence-corrected chi connectivity index (χ4v) is 3.89. The van der Waals surface area contributed by atoms with Crippen LogP contribution >= 0.6 is 12.4 Å². The third-order valence-corrected chi connectivity index (χ3v) is 5.25. The molecule has 0 bridgehead atoms. The summed E-state index contributed by atoms with van der Waals surface area (Å²) in [5.74, 6) is -0.0848. The van der Waals surface area contributed by atoms with Crippen molar-refractivity contribution in [3.05, 3.63) is 35.6 Å². The van der Waals surface area contributed by atoms with Gasteiger partial charge in [0.1, 0.15) is 5.82 Å². The third kappa shape index (κ3) is 4.24. The van der Waals surface area contributed by atoms with E-state index in [0.29, 0.717) is 6.54 Å². The molecule has 3 nitrogen and oxygen atoms in total. The number of hydrogen-bond donors (Lipinski definition) is 2. The summed E-state index contributed by atoms with van der Waals surface area (Å²) in [6.45, 7) is 1.59. The molecule has 1 aromatic rings. The minimum atomic E-state index is -0.200. The van der Waals surface area contributed by atoms with E-state index < -0.39 is 0 Å². The SMILES string of the molecule is Cl.O=C(NCC1(c2ccc(F)cc2)CCCCC1)C1CCCN1. The van der Waals surface area contributed by atoms with Crippen LogP contribution in [0.5, 0.6) is 0 Å². The monoisotopic (exact) mass is 340 g/mol. The lowest BCUT2D eigenvalue weighted by atomic mass is 9.69. The molecule has 1 aliphatic heterocycles. The van der Waals surface area contributed by atoms with E-state index in [2.05, 4.69) is 10.6 Å². The van der Waals surface area contributed by atoms with Crippen molar-refractivity contribution < 1.29 is 9.18 Å². The molecule has 1 aliphatic carbocycles. The van der Waals surface area contributed by atoms with Gasteiger partial charge >= 0.3 is 0 Å². The smallest absolute Gasteiger partial charge is 0.237 e. The Morgan fingerprint density at radius 1 is 1.17 bits per heavy atom. The summed E-state index contributed by atoms with van der Waals surface area (Å²) in [6.07, 6.45) is 7.73. The summed E-state index contributed by atoms with van der Waals surface area (Å²) in [7, 11) is 0. The van der Waals surface area contributed by atoms with Crippen LogP contribution in [0.4, 0.5) is 4.39 Å². The topological polar surface area (TPSA) is 41.1 Å². The number of benzene rings is 1. The Morgan fingerprint density at radius 2 is 1.87 bits per heavy atom. The molecule has 0 radical (unpaired) electrons. The second-order valence-electron chi connectivity index (χ2n) is 6.71. The Balaban J connectivity index is 0.00000192. The average molecular weight is 341 g/mol. The van der Waals surface area contributed by atoms with Crippen molar-refractivity contribution in [2.45, 2.75) is 56.4 Å². The number of amides is 1. The molecule has 23 heavy (non-hydrogen) atoms. The Hall–Kier alpha value is -1.13. The number of rotatable bonds is 4. The van der Waals surface area contributed by atoms with Crippen molar-refractivity contribution in [1.29, 1.82) is 0 Å². The quantitative estimate of drug-likeness (QED) is 0.882. The number of carbonyl (C=O) groups excluding carboxylic acids is 1. The summed E-state index contributed by atoms with van der Waals surface area (Å²) >= 11 is 0. The van der Waals surface area contributed by atoms with Crippen LogP contribution in [0.25, 0.3) is 0 Å². The average Bonchev–Trinajstić information content (AvgIpc) is 3.09. The van der Waals surface area contributed by atoms with Gasteiger partial charge in [0.25, 0.3) is 0 Å². The molecule has 2 fully saturated rings. The maximum Gasteiger partial charge on any atom is 0.237 e. The molecule has 1 heterocycles. The first-order chi connectivity index (χ1) is 10.7. The molecule has 2 N–H and O–H groups in total. The van der Waals surface area contributed by atoms with Crippen LogP contribution in [0.2, 0.25) is 0 Å². The summed E-state index contributed by atoms with van der Waals surface area (Å²) in [6, 6.07) is 6.81. The normalized spacial score (nSPS) is 23.1. The van der Waals surface area contributed by atoms with E-state index in [-0.39, 0.29) is 35.6 Å². The van der Waals surface area contributed by atoms with Crippen molar-refractivity contribution in [3.8, 4) is 0 Å². The highest BCUT2D eigenvalue weighted by atomic mass is 35.5. The van der Waals surface area contributed by atoms with Crippen LogP contribution in [-0.2, 0) is 10.2 Å². The van der Waals surface area contributed by atoms with E-state index in [1.165, 1.54) is 31.4 Å². The van der Waals surface area contributed by atoms with Gasteiger partial charge in [0, 0.05) is 12.0 Å². The first-order valence-corrected chi connectivity index (χ1v) is 8.47. The molecule has 0 aromatic heterocycles. The van der Waals surface area contributed by atoms with Gasteiger partial charge in [-0.1, -0.05) is 31.4 Å². The highest BCUT2D eigenvalue weighted by Gasteiger charge is 2.35. The molecular formula is C18H26ClFN2O. The molecule has 0 spiro atoms. The largest absolute Gasteiger partial charge is 0.354 e. The van der Waals surface area contributed by atoms with Gasteiger partial charge in [0.2, 0.25) is 5.91 Å². The van der Waals surface area contributed by atoms with Gasteiger partial charge in [0.15, 0.2) is 0 Å². The molecule has 5 heteroatoms. The summed E-state index contributed by atoms with van der Waals surface area (Å²) in [5.41, 5.74) is 1.13. The number of halogens is 2. The molecule has 1 saturated carbocycles. The first kappa shape index (κ1) is 18.2. The second kappa shape index (κ2) is 8.11. The summed E-state index contributed by atoms with van der Waals surface area (Å²) < 4.78 is 13.2. The maximum absolute atomic E-state index is 13.2. The van der Waals surface area contributed by atoms with Crippen molar-refractivity contribution >= 4 is 18.3 Å². The van der Waals surface area contributed by atoms with Crippen LogP contribution < -0.4 is 10.6 Å². The van der Waals surface area contributed by atoms with E-state index >= 15 is 0 Å². The predicted molar refractivity (Wildman–Crippen MR) is 92.4 cm³/mol. The zero-order valence-electron chi connectivity index (χ0n) is 13.4. The molecule has 2 aliphatic rings. The fraction of sp³-hybridized carbons (Fsp3) is 0.611. The standard InChI is InChI=1S/C18H25FN2O.ClH/c19-15-8-6-14(7-9-15)18(10-2-1-3-11-18)13-21-17(22)16-5-4-12-20-16;/h6-9,16,20H,1-5,10-13H2,(H,21,22);1H. The minimum Gasteiger partial charge on any atom is -0.354 e. The van der Waals surface area contributed by atoms with Gasteiger partial charge < -0.3 is 10.6 Å². The Kier molecular flexibility index (Phi) is 6.42. The Morgan fingerprint density at radius 3 is 2.48 bits per heavy atom. The molecule has 1 amide bonds. The molecule has 1 unspecified atom stereocenters. The lowest BCUT2D eigenvalue weighted by Gasteiger charge is -2.38. The van der Waals surface area contributed by atoms with E-state index in [9.17, 15) is 9.18 Å². The van der Waals surface area contributed by atoms with E-state index in [1.807, 2.05) is 12.1 Å². The van der Waals surface area contributed by atoms with Crippen LogP contribution in [-0.4, -0.2) is 25.0 Å². The number of nitrogens with one attached hydrogen (secondary N) is 2. The lowest BCUT2D eigenvalue weighted by Crippen LogP contribution is -2.47. The lowest BCUT2D eigenvalue weighted by molar-refractivity contribution is -0.123. The number of hydrogen-bond acceptors (Lipinski definition) is 2.